The lowest BCUT2D eigenvalue weighted by Gasteiger charge is -2.26. The van der Waals surface area contributed by atoms with Gasteiger partial charge < -0.3 is 37.9 Å². The highest BCUT2D eigenvalue weighted by atomic mass is 16.6. The Kier molecular flexibility index (Phi) is 25.2. The van der Waals surface area contributed by atoms with Crippen molar-refractivity contribution in [3.63, 3.8) is 0 Å². The number of methoxy groups -OCH3 is 1. The molecule has 70 heavy (non-hydrogen) atoms. The van der Waals surface area contributed by atoms with Crippen LogP contribution in [0, 0.1) is 30.6 Å². The zero-order valence-electron chi connectivity index (χ0n) is 40.6. The Morgan fingerprint density at radius 3 is 1.29 bits per heavy atom. The van der Waals surface area contributed by atoms with Gasteiger partial charge in [0, 0.05) is 25.9 Å². The van der Waals surface area contributed by atoms with Crippen LogP contribution in [0.15, 0.2) is 92.0 Å². The second kappa shape index (κ2) is 31.5. The number of carbonyl (C=O) groups excluding carboxylic acids is 7. The van der Waals surface area contributed by atoms with E-state index in [1.807, 2.05) is 19.1 Å². The molecule has 0 amide bonds. The zero-order chi connectivity index (χ0) is 50.5. The van der Waals surface area contributed by atoms with Gasteiger partial charge in [0.25, 0.3) is 0 Å². The normalized spacial score (nSPS) is 17.2. The van der Waals surface area contributed by atoms with Crippen molar-refractivity contribution in [3.8, 4) is 28.7 Å². The first-order valence-electron chi connectivity index (χ1n) is 24.3. The van der Waals surface area contributed by atoms with Crippen LogP contribution in [0.3, 0.4) is 0 Å². The van der Waals surface area contributed by atoms with Crippen molar-refractivity contribution in [1.29, 1.82) is 0 Å². The van der Waals surface area contributed by atoms with Crippen molar-refractivity contribution in [3.05, 3.63) is 103 Å². The summed E-state index contributed by atoms with van der Waals surface area (Å²) < 4.78 is 42.7. The smallest absolute Gasteiger partial charge is 0.330 e. The minimum absolute atomic E-state index is 0.0610. The van der Waals surface area contributed by atoms with E-state index in [0.717, 1.165) is 69.6 Å². The fourth-order valence-corrected chi connectivity index (χ4v) is 7.82. The molecule has 0 radical (unpaired) electrons. The first kappa shape index (κ1) is 56.0. The van der Waals surface area contributed by atoms with E-state index >= 15 is 0 Å². The van der Waals surface area contributed by atoms with Crippen LogP contribution >= 0.6 is 0 Å². The van der Waals surface area contributed by atoms with Gasteiger partial charge in [0.2, 0.25) is 0 Å². The summed E-state index contributed by atoms with van der Waals surface area (Å²) in [6, 6.07) is 18.4. The fourth-order valence-electron chi connectivity index (χ4n) is 7.82. The van der Waals surface area contributed by atoms with Crippen LogP contribution in [0.25, 0.3) is 0 Å². The molecule has 15 heteroatoms. The molecule has 0 atom stereocenters. The first-order valence-corrected chi connectivity index (χ1v) is 24.3. The van der Waals surface area contributed by atoms with Crippen molar-refractivity contribution < 1.29 is 71.5 Å². The van der Waals surface area contributed by atoms with Crippen molar-refractivity contribution >= 4 is 42.1 Å². The molecule has 0 aliphatic heterocycles. The largest absolute Gasteiger partial charge is 0.494 e. The second-order valence-corrected chi connectivity index (χ2v) is 17.3. The Morgan fingerprint density at radius 2 is 0.857 bits per heavy atom. The number of hydrogen-bond donors (Lipinski definition) is 0. The van der Waals surface area contributed by atoms with Gasteiger partial charge >= 0.3 is 35.8 Å². The highest BCUT2D eigenvalue weighted by Gasteiger charge is 2.34. The second-order valence-electron chi connectivity index (χ2n) is 17.3. The van der Waals surface area contributed by atoms with Crippen molar-refractivity contribution in [2.45, 2.75) is 110 Å². The number of rotatable bonds is 26. The maximum absolute atomic E-state index is 13.0. The van der Waals surface area contributed by atoms with E-state index in [9.17, 15) is 33.6 Å². The molecular weight excluding hydrogens is 901 g/mol. The quantitative estimate of drug-likeness (QED) is 0.0242. The summed E-state index contributed by atoms with van der Waals surface area (Å²) in [5, 5.41) is 0. The van der Waals surface area contributed by atoms with E-state index in [2.05, 4.69) is 13.2 Å². The summed E-state index contributed by atoms with van der Waals surface area (Å²) in [6.07, 6.45) is 14.2. The molecule has 0 unspecified atom stereocenters. The summed E-state index contributed by atoms with van der Waals surface area (Å²) in [4.78, 5) is 85.1. The minimum atomic E-state index is -0.490. The number of hydrogen-bond acceptors (Lipinski definition) is 15. The van der Waals surface area contributed by atoms with Crippen molar-refractivity contribution in [1.82, 2.24) is 0 Å². The predicted octanol–water partition coefficient (Wildman–Crippen LogP) is 10.0. The molecule has 0 bridgehead atoms. The number of benzene rings is 3. The van der Waals surface area contributed by atoms with Crippen molar-refractivity contribution in [2.75, 3.05) is 33.5 Å². The van der Waals surface area contributed by atoms with E-state index in [1.165, 1.54) is 24.3 Å². The fraction of sp³-hybridized carbons (Fsp3) is 0.473. The topological polar surface area (TPSA) is 193 Å². The lowest BCUT2D eigenvalue weighted by molar-refractivity contribution is -0.145. The zero-order valence-corrected chi connectivity index (χ0v) is 40.6. The molecule has 0 spiro atoms. The highest BCUT2D eigenvalue weighted by molar-refractivity contribution is 5.85. The Hall–Kier alpha value is -6.61. The molecule has 15 nitrogen and oxygen atoms in total. The maximum Gasteiger partial charge on any atom is 0.330 e. The maximum atomic E-state index is 13.0. The van der Waals surface area contributed by atoms with Gasteiger partial charge in [-0.2, -0.15) is 0 Å². The third-order valence-corrected chi connectivity index (χ3v) is 12.0. The van der Waals surface area contributed by atoms with Gasteiger partial charge in [-0.15, -0.1) is 0 Å². The molecule has 2 saturated carbocycles. The van der Waals surface area contributed by atoms with Crippen LogP contribution in [-0.4, -0.2) is 75.6 Å². The number of carbonyl (C=O) groups is 7. The number of aldehydes is 1. The van der Waals surface area contributed by atoms with Crippen LogP contribution in [0.5, 0.6) is 28.7 Å². The lowest BCUT2D eigenvalue weighted by Crippen LogP contribution is -2.30. The minimum Gasteiger partial charge on any atom is -0.494 e. The molecule has 0 aromatic heterocycles. The van der Waals surface area contributed by atoms with E-state index in [0.29, 0.717) is 94.7 Å². The van der Waals surface area contributed by atoms with E-state index in [1.54, 1.807) is 43.5 Å². The van der Waals surface area contributed by atoms with Gasteiger partial charge in [-0.25, -0.2) is 9.59 Å². The third kappa shape index (κ3) is 20.5. The molecule has 3 aromatic carbocycles. The van der Waals surface area contributed by atoms with Crippen LogP contribution in [0.4, 0.5) is 0 Å². The molecule has 378 valence electrons. The van der Waals surface area contributed by atoms with Crippen LogP contribution < -0.4 is 23.7 Å². The number of aryl methyl sites for hydroxylation is 1. The Morgan fingerprint density at radius 1 is 0.486 bits per heavy atom. The molecule has 0 heterocycles. The Labute approximate surface area is 411 Å². The SMILES string of the molecule is C=CC(=O)OCCCCCCOC.C=CC(=O)OCCCCCCOc1ccc(OC(=O)C2CCC(C(=O)Oc3ccc(OC(=O)C4CCC(C(=O)Oc5ccc(C)cc5)CC4)c(C=O)c3)CC2)cc1. The average molecular weight is 969 g/mol. The van der Waals surface area contributed by atoms with Gasteiger partial charge in [0.05, 0.1) is 49.1 Å². The molecule has 2 aliphatic carbocycles. The molecular formula is C55H68O15. The number of esters is 6. The monoisotopic (exact) mass is 968 g/mol. The van der Waals surface area contributed by atoms with E-state index in [-0.39, 0.29) is 46.8 Å². The number of unbranched alkanes of at least 4 members (excludes halogenated alkanes) is 6. The van der Waals surface area contributed by atoms with Gasteiger partial charge in [0.15, 0.2) is 6.29 Å². The molecule has 0 N–H and O–H groups in total. The first-order chi connectivity index (χ1) is 33.9. The van der Waals surface area contributed by atoms with Gasteiger partial charge in [-0.05, 0) is 158 Å². The van der Waals surface area contributed by atoms with Crippen molar-refractivity contribution in [2.24, 2.45) is 23.7 Å². The molecule has 0 saturated heterocycles. The summed E-state index contributed by atoms with van der Waals surface area (Å²) >= 11 is 0. The highest BCUT2D eigenvalue weighted by Crippen LogP contribution is 2.34. The van der Waals surface area contributed by atoms with Gasteiger partial charge in [0.1, 0.15) is 28.7 Å². The molecule has 3 aromatic rings. The predicted molar refractivity (Wildman–Crippen MR) is 260 cm³/mol. The van der Waals surface area contributed by atoms with Crippen LogP contribution in [0.1, 0.15) is 119 Å². The Balaban J connectivity index is 0.000000716. The third-order valence-electron chi connectivity index (χ3n) is 12.0. The lowest BCUT2D eigenvalue weighted by atomic mass is 9.82. The standard InChI is InChI=1S/C45H50O12.C10H18O3/c1-3-41(47)53-27-7-5-4-6-26-52-36-20-22-38(23-21-36)55-43(49)31-10-12-33(13-11-31)44(50)56-39-24-25-40(35(28-39)29-46)57-45(51)34-16-14-32(15-17-34)42(48)54-37-18-8-30(2)9-19-37;1-3-10(11)13-9-7-5-4-6-8-12-2/h3,8-9,18-25,28-29,31-34H,1,4-7,10-17,26-27H2,2H3;3H,1,4-9H2,2H3. The van der Waals surface area contributed by atoms with Gasteiger partial charge in [-0.1, -0.05) is 37.3 Å². The summed E-state index contributed by atoms with van der Waals surface area (Å²) in [6.45, 7) is 10.9. The Bertz CT molecular complexity index is 2150. The summed E-state index contributed by atoms with van der Waals surface area (Å²) in [7, 11) is 1.70. The van der Waals surface area contributed by atoms with E-state index in [4.69, 9.17) is 37.9 Å². The van der Waals surface area contributed by atoms with Crippen LogP contribution in [0.2, 0.25) is 0 Å². The summed E-state index contributed by atoms with van der Waals surface area (Å²) in [5.41, 5.74) is 1.13. The summed E-state index contributed by atoms with van der Waals surface area (Å²) in [5.74, 6) is -2.14. The molecule has 2 aliphatic rings. The number of ether oxygens (including phenoxy) is 8. The average Bonchev–Trinajstić information content (AvgIpc) is 3.38. The van der Waals surface area contributed by atoms with Crippen LogP contribution in [-0.2, 0) is 43.0 Å². The van der Waals surface area contributed by atoms with Gasteiger partial charge in [-0.3, -0.25) is 24.0 Å². The molecule has 5 rings (SSSR count). The molecule has 2 fully saturated rings. The van der Waals surface area contributed by atoms with E-state index < -0.39 is 29.7 Å².